The molecule has 0 aliphatic rings. The van der Waals surface area contributed by atoms with Crippen molar-refractivity contribution in [2.24, 2.45) is 0 Å². The summed E-state index contributed by atoms with van der Waals surface area (Å²) >= 11 is 0. The number of hydrogen-bond donors (Lipinski definition) is 1. The normalized spacial score (nSPS) is 11.2. The van der Waals surface area contributed by atoms with Gasteiger partial charge in [0.05, 0.1) is 17.1 Å². The predicted molar refractivity (Wildman–Crippen MR) is 136 cm³/mol. The van der Waals surface area contributed by atoms with Crippen LogP contribution in [0.5, 0.6) is 5.75 Å². The predicted octanol–water partition coefficient (Wildman–Crippen LogP) is 4.62. The van der Waals surface area contributed by atoms with E-state index in [1.165, 1.54) is 4.31 Å². The first-order valence-corrected chi connectivity index (χ1v) is 12.7. The SMILES string of the molecule is Cc1ccc(S(=O)(=O)N(CC(=O)NCCOc2cccc(C)c2C)c2ccc(C)cc2C)cc1. The van der Waals surface area contributed by atoms with Gasteiger partial charge in [-0.1, -0.05) is 47.5 Å². The number of amides is 1. The van der Waals surface area contributed by atoms with Crippen molar-refractivity contribution in [1.29, 1.82) is 0 Å². The van der Waals surface area contributed by atoms with E-state index in [0.717, 1.165) is 33.6 Å². The van der Waals surface area contributed by atoms with E-state index in [1.54, 1.807) is 30.3 Å². The van der Waals surface area contributed by atoms with Gasteiger partial charge in [0.25, 0.3) is 10.0 Å². The van der Waals surface area contributed by atoms with E-state index in [4.69, 9.17) is 4.74 Å². The average molecular weight is 481 g/mol. The molecule has 6 nitrogen and oxygen atoms in total. The van der Waals surface area contributed by atoms with E-state index in [-0.39, 0.29) is 24.6 Å². The van der Waals surface area contributed by atoms with Crippen LogP contribution in [0.4, 0.5) is 5.69 Å². The van der Waals surface area contributed by atoms with E-state index >= 15 is 0 Å². The number of carbonyl (C=O) groups is 1. The Morgan fingerprint density at radius 3 is 2.24 bits per heavy atom. The number of aryl methyl sites for hydroxylation is 4. The van der Waals surface area contributed by atoms with E-state index in [0.29, 0.717) is 5.69 Å². The maximum Gasteiger partial charge on any atom is 0.264 e. The van der Waals surface area contributed by atoms with Crippen molar-refractivity contribution in [2.45, 2.75) is 39.5 Å². The van der Waals surface area contributed by atoms with Crippen LogP contribution < -0.4 is 14.4 Å². The van der Waals surface area contributed by atoms with Gasteiger partial charge in [0, 0.05) is 0 Å². The summed E-state index contributed by atoms with van der Waals surface area (Å²) in [7, 11) is -3.94. The molecule has 0 aliphatic carbocycles. The third-order valence-electron chi connectivity index (χ3n) is 5.75. The Labute approximate surface area is 202 Å². The highest BCUT2D eigenvalue weighted by atomic mass is 32.2. The van der Waals surface area contributed by atoms with Crippen LogP contribution in [-0.2, 0) is 14.8 Å². The van der Waals surface area contributed by atoms with Crippen LogP contribution in [0.1, 0.15) is 27.8 Å². The van der Waals surface area contributed by atoms with Crippen molar-refractivity contribution in [1.82, 2.24) is 5.32 Å². The number of sulfonamides is 1. The number of benzene rings is 3. The van der Waals surface area contributed by atoms with E-state index < -0.39 is 15.9 Å². The van der Waals surface area contributed by atoms with E-state index in [2.05, 4.69) is 5.32 Å². The van der Waals surface area contributed by atoms with Crippen molar-refractivity contribution in [3.63, 3.8) is 0 Å². The molecule has 1 N–H and O–H groups in total. The molecule has 0 saturated carbocycles. The van der Waals surface area contributed by atoms with Crippen LogP contribution in [0.15, 0.2) is 65.6 Å². The molecule has 1 amide bonds. The summed E-state index contributed by atoms with van der Waals surface area (Å²) in [6.07, 6.45) is 0. The molecule has 0 spiro atoms. The molecule has 0 aliphatic heterocycles. The molecular formula is C27H32N2O4S. The second-order valence-corrected chi connectivity index (χ2v) is 10.4. The van der Waals surface area contributed by atoms with Crippen LogP contribution >= 0.6 is 0 Å². The number of rotatable bonds is 9. The number of nitrogens with zero attached hydrogens (tertiary/aromatic N) is 1. The van der Waals surface area contributed by atoms with Crippen molar-refractivity contribution in [3.05, 3.63) is 88.5 Å². The fraction of sp³-hybridized carbons (Fsp3) is 0.296. The van der Waals surface area contributed by atoms with Crippen molar-refractivity contribution < 1.29 is 17.9 Å². The molecule has 0 unspecified atom stereocenters. The zero-order valence-electron chi connectivity index (χ0n) is 20.4. The summed E-state index contributed by atoms with van der Waals surface area (Å²) in [6, 6.07) is 17.9. The molecule has 3 aromatic carbocycles. The van der Waals surface area contributed by atoms with Gasteiger partial charge in [0.1, 0.15) is 18.9 Å². The van der Waals surface area contributed by atoms with Crippen molar-refractivity contribution >= 4 is 21.6 Å². The van der Waals surface area contributed by atoms with Crippen LogP contribution in [0.2, 0.25) is 0 Å². The lowest BCUT2D eigenvalue weighted by Crippen LogP contribution is -2.42. The summed E-state index contributed by atoms with van der Waals surface area (Å²) in [5.74, 6) is 0.369. The minimum absolute atomic E-state index is 0.143. The number of ether oxygens (including phenoxy) is 1. The fourth-order valence-corrected chi connectivity index (χ4v) is 5.13. The quantitative estimate of drug-likeness (QED) is 0.454. The summed E-state index contributed by atoms with van der Waals surface area (Å²) < 4.78 is 34.0. The largest absolute Gasteiger partial charge is 0.491 e. The van der Waals surface area contributed by atoms with Gasteiger partial charge in [-0.2, -0.15) is 0 Å². The topological polar surface area (TPSA) is 75.7 Å². The second kappa shape index (κ2) is 10.7. The molecule has 0 bridgehead atoms. The number of anilines is 1. The molecule has 34 heavy (non-hydrogen) atoms. The standard InChI is InChI=1S/C27H32N2O4S/c1-19-9-12-24(13-10-19)34(31,32)29(25-14-11-20(2)17-22(25)4)18-27(30)28-15-16-33-26-8-6-7-21(3)23(26)5/h6-14,17H,15-16,18H2,1-5H3,(H,28,30). The van der Waals surface area contributed by atoms with Gasteiger partial charge in [0.15, 0.2) is 0 Å². The second-order valence-electron chi connectivity index (χ2n) is 8.51. The highest BCUT2D eigenvalue weighted by molar-refractivity contribution is 7.92. The lowest BCUT2D eigenvalue weighted by Gasteiger charge is -2.26. The van der Waals surface area contributed by atoms with Crippen molar-refractivity contribution in [2.75, 3.05) is 24.0 Å². The fourth-order valence-electron chi connectivity index (χ4n) is 3.64. The van der Waals surface area contributed by atoms with Crippen molar-refractivity contribution in [3.8, 4) is 5.75 Å². The molecule has 3 aromatic rings. The zero-order chi connectivity index (χ0) is 24.9. The molecule has 7 heteroatoms. The number of carbonyl (C=O) groups excluding carboxylic acids is 1. The summed E-state index contributed by atoms with van der Waals surface area (Å²) in [4.78, 5) is 12.9. The van der Waals surface area contributed by atoms with Gasteiger partial charge in [-0.05, 0) is 75.6 Å². The maximum atomic E-state index is 13.5. The Hall–Kier alpha value is -3.32. The van der Waals surface area contributed by atoms with Gasteiger partial charge in [0.2, 0.25) is 5.91 Å². The zero-order valence-corrected chi connectivity index (χ0v) is 21.2. The Bertz CT molecular complexity index is 1270. The summed E-state index contributed by atoms with van der Waals surface area (Å²) in [6.45, 7) is 9.90. The first-order valence-electron chi connectivity index (χ1n) is 11.2. The van der Waals surface area contributed by atoms with E-state index in [9.17, 15) is 13.2 Å². The minimum atomic E-state index is -3.94. The van der Waals surface area contributed by atoms with Gasteiger partial charge < -0.3 is 10.1 Å². The Kier molecular flexibility index (Phi) is 7.99. The van der Waals surface area contributed by atoms with Crippen LogP contribution in [0.25, 0.3) is 0 Å². The molecule has 0 atom stereocenters. The Morgan fingerprint density at radius 1 is 0.882 bits per heavy atom. The van der Waals surface area contributed by atoms with Crippen LogP contribution in [-0.4, -0.2) is 34.0 Å². The highest BCUT2D eigenvalue weighted by Gasteiger charge is 2.28. The van der Waals surface area contributed by atoms with E-state index in [1.807, 2.05) is 65.0 Å². The molecule has 180 valence electrons. The number of hydrogen-bond acceptors (Lipinski definition) is 4. The molecular weight excluding hydrogens is 448 g/mol. The third-order valence-corrected chi connectivity index (χ3v) is 7.53. The maximum absolute atomic E-state index is 13.5. The van der Waals surface area contributed by atoms with Gasteiger partial charge >= 0.3 is 0 Å². The average Bonchev–Trinajstić information content (AvgIpc) is 2.78. The molecule has 0 heterocycles. The molecule has 0 fully saturated rings. The summed E-state index contributed by atoms with van der Waals surface area (Å²) in [5.41, 5.74) is 5.42. The number of nitrogens with one attached hydrogen (secondary N) is 1. The smallest absolute Gasteiger partial charge is 0.264 e. The summed E-state index contributed by atoms with van der Waals surface area (Å²) in [5, 5.41) is 2.78. The lowest BCUT2D eigenvalue weighted by atomic mass is 10.1. The van der Waals surface area contributed by atoms with Gasteiger partial charge in [-0.25, -0.2) is 8.42 Å². The Morgan fingerprint density at radius 2 is 1.56 bits per heavy atom. The lowest BCUT2D eigenvalue weighted by molar-refractivity contribution is -0.119. The molecule has 3 rings (SSSR count). The minimum Gasteiger partial charge on any atom is -0.491 e. The third kappa shape index (κ3) is 5.97. The highest BCUT2D eigenvalue weighted by Crippen LogP contribution is 2.27. The monoisotopic (exact) mass is 480 g/mol. The first kappa shape index (κ1) is 25.3. The first-order chi connectivity index (χ1) is 16.1. The van der Waals surface area contributed by atoms with Gasteiger partial charge in [-0.15, -0.1) is 0 Å². The molecule has 0 aromatic heterocycles. The molecule has 0 saturated heterocycles. The molecule has 0 radical (unpaired) electrons. The van der Waals surface area contributed by atoms with Crippen LogP contribution in [0.3, 0.4) is 0 Å². The van der Waals surface area contributed by atoms with Gasteiger partial charge in [-0.3, -0.25) is 9.10 Å². The van der Waals surface area contributed by atoms with Crippen LogP contribution in [0, 0.1) is 34.6 Å². The Balaban J connectivity index is 1.75.